The van der Waals surface area contributed by atoms with E-state index in [2.05, 4.69) is 10.6 Å². The van der Waals surface area contributed by atoms with E-state index in [4.69, 9.17) is 9.47 Å². The number of nitrogens with one attached hydrogen (secondary N) is 2. The first kappa shape index (κ1) is 17.4. The summed E-state index contributed by atoms with van der Waals surface area (Å²) in [4.78, 5) is 25.2. The Morgan fingerprint density at radius 2 is 2.16 bits per heavy atom. The van der Waals surface area contributed by atoms with E-state index >= 15 is 0 Å². The molecular formula is C16H20FN3O5. The summed E-state index contributed by atoms with van der Waals surface area (Å²) in [7, 11) is 0. The minimum atomic E-state index is -1.95. The Bertz CT molecular complexity index is 676. The van der Waals surface area contributed by atoms with E-state index in [1.165, 1.54) is 13.0 Å². The molecule has 9 heteroatoms. The van der Waals surface area contributed by atoms with E-state index in [1.54, 1.807) is 12.1 Å². The van der Waals surface area contributed by atoms with Crippen molar-refractivity contribution >= 4 is 23.4 Å². The molecule has 3 N–H and O–H groups in total. The second-order valence-corrected chi connectivity index (χ2v) is 6.14. The molecule has 3 rings (SSSR count). The molecule has 2 heterocycles. The van der Waals surface area contributed by atoms with Crippen LogP contribution in [0.4, 0.5) is 20.6 Å². The predicted octanol–water partition coefficient (Wildman–Crippen LogP) is 0.460. The zero-order chi connectivity index (χ0) is 18.0. The third-order valence-corrected chi connectivity index (χ3v) is 4.33. The van der Waals surface area contributed by atoms with Gasteiger partial charge in [-0.05, 0) is 25.1 Å². The van der Waals surface area contributed by atoms with Crippen molar-refractivity contribution in [3.63, 3.8) is 0 Å². The van der Waals surface area contributed by atoms with Crippen molar-refractivity contribution in [3.8, 4) is 0 Å². The Morgan fingerprint density at radius 3 is 2.76 bits per heavy atom. The first-order valence-electron chi connectivity index (χ1n) is 7.98. The summed E-state index contributed by atoms with van der Waals surface area (Å²) in [6.45, 7) is 3.52. The lowest BCUT2D eigenvalue weighted by Crippen LogP contribution is -2.51. The molecule has 0 spiro atoms. The second-order valence-electron chi connectivity index (χ2n) is 6.14. The molecule has 25 heavy (non-hydrogen) atoms. The van der Waals surface area contributed by atoms with Gasteiger partial charge in [-0.3, -0.25) is 4.79 Å². The lowest BCUT2D eigenvalue weighted by atomic mass is 9.98. The van der Waals surface area contributed by atoms with Gasteiger partial charge in [0.25, 0.3) is 5.91 Å². The van der Waals surface area contributed by atoms with Crippen molar-refractivity contribution in [1.29, 1.82) is 0 Å². The number of carbonyl (C=O) groups is 2. The van der Waals surface area contributed by atoms with Gasteiger partial charge in [-0.15, -0.1) is 0 Å². The Kier molecular flexibility index (Phi) is 4.78. The summed E-state index contributed by atoms with van der Waals surface area (Å²) in [5, 5.41) is 15.2. The maximum atomic E-state index is 14.4. The van der Waals surface area contributed by atoms with Crippen molar-refractivity contribution < 1.29 is 28.6 Å². The topological polar surface area (TPSA) is 100 Å². The largest absolute Gasteiger partial charge is 0.441 e. The van der Waals surface area contributed by atoms with Crippen LogP contribution >= 0.6 is 0 Å². The second kappa shape index (κ2) is 6.85. The smallest absolute Gasteiger partial charge is 0.407 e. The Balaban J connectivity index is 1.69. The number of benzene rings is 1. The number of aliphatic hydroxyl groups is 1. The van der Waals surface area contributed by atoms with Gasteiger partial charge in [-0.2, -0.15) is 0 Å². The molecule has 0 saturated carbocycles. The maximum absolute atomic E-state index is 14.4. The molecule has 0 bridgehead atoms. The van der Waals surface area contributed by atoms with Crippen LogP contribution in [0.5, 0.6) is 0 Å². The van der Waals surface area contributed by atoms with Crippen LogP contribution in [0.3, 0.4) is 0 Å². The van der Waals surface area contributed by atoms with Gasteiger partial charge in [0.2, 0.25) is 0 Å². The van der Waals surface area contributed by atoms with Crippen molar-refractivity contribution in [1.82, 2.24) is 5.32 Å². The van der Waals surface area contributed by atoms with Crippen LogP contribution < -0.4 is 15.5 Å². The number of hydrogen-bond acceptors (Lipinski definition) is 6. The normalized spacial score (nSPS) is 22.8. The molecule has 2 aliphatic heterocycles. The standard InChI is InChI=1S/C16H20FN3O5/c1-16(23,13-9-18-15(22)25-13)14(21)19-10-2-3-12(11(17)8-10)20-4-6-24-7-5-20/h2-3,8,13,23H,4-7,9H2,1H3,(H,18,22)(H,19,21). The van der Waals surface area contributed by atoms with Gasteiger partial charge in [0, 0.05) is 18.8 Å². The lowest BCUT2D eigenvalue weighted by Gasteiger charge is -2.29. The van der Waals surface area contributed by atoms with Crippen LogP contribution in [-0.2, 0) is 14.3 Å². The first-order chi connectivity index (χ1) is 11.9. The van der Waals surface area contributed by atoms with Crippen LogP contribution in [0.1, 0.15) is 6.92 Å². The summed E-state index contributed by atoms with van der Waals surface area (Å²) < 4.78 is 24.5. The van der Waals surface area contributed by atoms with Crippen molar-refractivity contribution in [3.05, 3.63) is 24.0 Å². The van der Waals surface area contributed by atoms with Gasteiger partial charge in [-0.25, -0.2) is 9.18 Å². The number of amides is 2. The molecule has 2 fully saturated rings. The zero-order valence-corrected chi connectivity index (χ0v) is 13.8. The molecule has 136 valence electrons. The predicted molar refractivity (Wildman–Crippen MR) is 87.0 cm³/mol. The molecule has 2 unspecified atom stereocenters. The van der Waals surface area contributed by atoms with E-state index in [0.717, 1.165) is 0 Å². The van der Waals surface area contributed by atoms with Gasteiger partial charge < -0.3 is 30.1 Å². The highest BCUT2D eigenvalue weighted by Crippen LogP contribution is 2.25. The molecule has 0 aliphatic carbocycles. The number of alkyl carbamates (subject to hydrolysis) is 1. The summed E-state index contributed by atoms with van der Waals surface area (Å²) in [6.07, 6.45) is -1.71. The number of nitrogens with zero attached hydrogens (tertiary/aromatic N) is 1. The number of halogens is 1. The maximum Gasteiger partial charge on any atom is 0.407 e. The van der Waals surface area contributed by atoms with Gasteiger partial charge >= 0.3 is 6.09 Å². The van der Waals surface area contributed by atoms with Crippen LogP contribution in [0.15, 0.2) is 18.2 Å². The number of morpholine rings is 1. The molecule has 2 aliphatic rings. The minimum absolute atomic E-state index is 0.0174. The number of rotatable bonds is 4. The molecule has 0 aromatic heterocycles. The van der Waals surface area contributed by atoms with Crippen LogP contribution in [0.25, 0.3) is 0 Å². The number of hydrogen-bond donors (Lipinski definition) is 3. The fraction of sp³-hybridized carbons (Fsp3) is 0.500. The fourth-order valence-corrected chi connectivity index (χ4v) is 2.75. The molecule has 1 aromatic rings. The number of cyclic esters (lactones) is 1. The van der Waals surface area contributed by atoms with E-state index in [-0.39, 0.29) is 12.2 Å². The number of ether oxygens (including phenoxy) is 2. The van der Waals surface area contributed by atoms with Crippen LogP contribution in [0.2, 0.25) is 0 Å². The van der Waals surface area contributed by atoms with Gasteiger partial charge in [0.15, 0.2) is 11.7 Å². The lowest BCUT2D eigenvalue weighted by molar-refractivity contribution is -0.141. The van der Waals surface area contributed by atoms with Crippen molar-refractivity contribution in [2.75, 3.05) is 43.1 Å². The van der Waals surface area contributed by atoms with E-state index in [1.807, 2.05) is 4.90 Å². The molecule has 8 nitrogen and oxygen atoms in total. The minimum Gasteiger partial charge on any atom is -0.441 e. The Morgan fingerprint density at radius 1 is 1.44 bits per heavy atom. The molecule has 0 radical (unpaired) electrons. The highest BCUT2D eigenvalue weighted by molar-refractivity contribution is 5.98. The molecule has 1 aromatic carbocycles. The molecule has 2 atom stereocenters. The third-order valence-electron chi connectivity index (χ3n) is 4.33. The zero-order valence-electron chi connectivity index (χ0n) is 13.8. The van der Waals surface area contributed by atoms with Gasteiger partial charge in [0.1, 0.15) is 5.82 Å². The van der Waals surface area contributed by atoms with Gasteiger partial charge in [-0.1, -0.05) is 0 Å². The monoisotopic (exact) mass is 353 g/mol. The summed E-state index contributed by atoms with van der Waals surface area (Å²) in [5.74, 6) is -1.26. The Hall–Kier alpha value is -2.39. The van der Waals surface area contributed by atoms with Crippen molar-refractivity contribution in [2.24, 2.45) is 0 Å². The highest BCUT2D eigenvalue weighted by Gasteiger charge is 2.45. The first-order valence-corrected chi connectivity index (χ1v) is 7.98. The molecule has 2 saturated heterocycles. The number of anilines is 2. The molecular weight excluding hydrogens is 333 g/mol. The van der Waals surface area contributed by atoms with Crippen LogP contribution in [0, 0.1) is 5.82 Å². The average Bonchev–Trinajstić information content (AvgIpc) is 3.03. The van der Waals surface area contributed by atoms with Gasteiger partial charge in [0.05, 0.1) is 25.4 Å². The van der Waals surface area contributed by atoms with E-state index in [9.17, 15) is 19.1 Å². The highest BCUT2D eigenvalue weighted by atomic mass is 19.1. The summed E-state index contributed by atoms with van der Waals surface area (Å²) >= 11 is 0. The average molecular weight is 353 g/mol. The van der Waals surface area contributed by atoms with Crippen molar-refractivity contribution in [2.45, 2.75) is 18.6 Å². The number of carbonyl (C=O) groups excluding carboxylic acids is 2. The van der Waals surface area contributed by atoms with E-state index in [0.29, 0.717) is 32.0 Å². The SMILES string of the molecule is CC(O)(C(=O)Nc1ccc(N2CCOCC2)c(F)c1)C1CNC(=O)O1. The summed E-state index contributed by atoms with van der Waals surface area (Å²) in [6, 6.07) is 4.32. The Labute approximate surface area is 143 Å². The quantitative estimate of drug-likeness (QED) is 0.727. The molecule has 2 amide bonds. The third kappa shape index (κ3) is 3.67. The summed E-state index contributed by atoms with van der Waals surface area (Å²) in [5.41, 5.74) is -1.31. The van der Waals surface area contributed by atoms with Crippen LogP contribution in [-0.4, -0.2) is 61.7 Å². The van der Waals surface area contributed by atoms with E-state index < -0.39 is 29.5 Å². The fourth-order valence-electron chi connectivity index (χ4n) is 2.75.